The van der Waals surface area contributed by atoms with E-state index in [4.69, 9.17) is 9.97 Å². The molecule has 1 fully saturated rings. The van der Waals surface area contributed by atoms with Crippen LogP contribution in [-0.4, -0.2) is 86.4 Å². The number of nitrogens with one attached hydrogen (secondary N) is 1. The fourth-order valence-corrected chi connectivity index (χ4v) is 9.02. The Morgan fingerprint density at radius 3 is 2.38 bits per heavy atom. The number of benzene rings is 2. The van der Waals surface area contributed by atoms with Gasteiger partial charge >= 0.3 is 0 Å². The number of rotatable bonds is 12. The molecule has 0 spiro atoms. The number of sulfone groups is 2. The summed E-state index contributed by atoms with van der Waals surface area (Å²) >= 11 is 1.48. The number of pyridine rings is 1. The van der Waals surface area contributed by atoms with Crippen LogP contribution in [0.4, 0.5) is 26.2 Å². The van der Waals surface area contributed by atoms with Gasteiger partial charge in [-0.1, -0.05) is 38.1 Å². The fraction of sp³-hybridized carbons (Fsp3) is 0.333. The highest BCUT2D eigenvalue weighted by Gasteiger charge is 2.25. The summed E-state index contributed by atoms with van der Waals surface area (Å²) in [6, 6.07) is 15.4. The lowest BCUT2D eigenvalue weighted by atomic mass is 10.1. The molecule has 52 heavy (non-hydrogen) atoms. The van der Waals surface area contributed by atoms with E-state index in [0.29, 0.717) is 40.7 Å². The summed E-state index contributed by atoms with van der Waals surface area (Å²) in [5.41, 5.74) is 2.90. The molecule has 11 nitrogen and oxygen atoms in total. The van der Waals surface area contributed by atoms with E-state index >= 15 is 0 Å². The van der Waals surface area contributed by atoms with Crippen molar-refractivity contribution in [3.8, 4) is 21.8 Å². The molecule has 1 aliphatic rings. The van der Waals surface area contributed by atoms with Gasteiger partial charge in [0.1, 0.15) is 32.2 Å². The van der Waals surface area contributed by atoms with Crippen molar-refractivity contribution in [3.63, 3.8) is 0 Å². The lowest BCUT2D eigenvalue weighted by Crippen LogP contribution is -2.33. The Morgan fingerprint density at radius 2 is 1.67 bits per heavy atom. The number of nitrogens with zero attached hydrogens (tertiary/aromatic N) is 6. The van der Waals surface area contributed by atoms with Gasteiger partial charge in [-0.15, -0.1) is 11.3 Å². The van der Waals surface area contributed by atoms with E-state index in [9.17, 15) is 25.6 Å². The zero-order valence-electron chi connectivity index (χ0n) is 29.0. The standard InChI is InChI=1S/C36H39F2N7O4S3/c1-24(2)35-43-32(26-8-4-7-25(21-26)23-52(48,49)34-28(37)9-5-10-29(34)38)33(50-35)30-13-14-39-36(42-30)41-27-11-12-31(40-22-27)45-16-6-15-44(17-18-45)19-20-51(3,46)47/h4-5,7-14,21-22,24H,6,15-20,23H2,1-3H3,(H,39,41,42). The Balaban J connectivity index is 1.20. The maximum absolute atomic E-state index is 14.4. The van der Waals surface area contributed by atoms with E-state index in [0.717, 1.165) is 66.5 Å². The number of hydrogen-bond acceptors (Lipinski definition) is 12. The maximum atomic E-state index is 14.4. The van der Waals surface area contributed by atoms with E-state index < -0.39 is 42.0 Å². The highest BCUT2D eigenvalue weighted by atomic mass is 32.2. The van der Waals surface area contributed by atoms with Crippen LogP contribution >= 0.6 is 11.3 Å². The van der Waals surface area contributed by atoms with Gasteiger partial charge in [0.05, 0.1) is 44.7 Å². The van der Waals surface area contributed by atoms with Crippen molar-refractivity contribution >= 4 is 48.5 Å². The lowest BCUT2D eigenvalue weighted by molar-refractivity contribution is 0.310. The Labute approximate surface area is 306 Å². The topological polar surface area (TPSA) is 138 Å². The van der Waals surface area contributed by atoms with Gasteiger partial charge in [-0.2, -0.15) is 0 Å². The Bertz CT molecular complexity index is 2250. The number of thiazole rings is 1. The predicted molar refractivity (Wildman–Crippen MR) is 200 cm³/mol. The third-order valence-corrected chi connectivity index (χ3v) is 12.5. The van der Waals surface area contributed by atoms with Crippen molar-refractivity contribution in [1.29, 1.82) is 0 Å². The van der Waals surface area contributed by atoms with Gasteiger partial charge in [-0.25, -0.2) is 45.6 Å². The van der Waals surface area contributed by atoms with Gasteiger partial charge in [0, 0.05) is 50.1 Å². The molecule has 0 unspecified atom stereocenters. The van der Waals surface area contributed by atoms with Crippen molar-refractivity contribution < 1.29 is 25.6 Å². The maximum Gasteiger partial charge on any atom is 0.227 e. The average molecular weight is 768 g/mol. The van der Waals surface area contributed by atoms with Crippen LogP contribution in [0.5, 0.6) is 0 Å². The molecule has 5 aromatic rings. The molecule has 0 radical (unpaired) electrons. The van der Waals surface area contributed by atoms with Crippen molar-refractivity contribution in [2.45, 2.75) is 36.8 Å². The first-order chi connectivity index (χ1) is 24.8. The fourth-order valence-electron chi connectivity index (χ4n) is 5.87. The van der Waals surface area contributed by atoms with Gasteiger partial charge in [0.2, 0.25) is 5.95 Å². The second-order valence-electron chi connectivity index (χ2n) is 13.0. The minimum absolute atomic E-state index is 0.105. The summed E-state index contributed by atoms with van der Waals surface area (Å²) in [6.07, 6.45) is 5.53. The molecule has 0 saturated carbocycles. The molecule has 0 aliphatic carbocycles. The van der Waals surface area contributed by atoms with Crippen molar-refractivity contribution in [2.75, 3.05) is 54.9 Å². The molecule has 0 amide bonds. The molecule has 4 heterocycles. The Morgan fingerprint density at radius 1 is 0.904 bits per heavy atom. The van der Waals surface area contributed by atoms with E-state index in [2.05, 4.69) is 25.1 Å². The second kappa shape index (κ2) is 15.7. The SMILES string of the molecule is CC(C)c1nc(-c2cccc(CS(=O)(=O)c3c(F)cccc3F)c2)c(-c2ccnc(Nc3ccc(N4CCCN(CCS(C)(=O)=O)CC4)nc3)n2)s1. The lowest BCUT2D eigenvalue weighted by Gasteiger charge is -2.22. The van der Waals surface area contributed by atoms with Gasteiger partial charge in [-0.3, -0.25) is 0 Å². The smallest absolute Gasteiger partial charge is 0.227 e. The second-order valence-corrected chi connectivity index (χ2v) is 18.2. The molecule has 6 rings (SSSR count). The summed E-state index contributed by atoms with van der Waals surface area (Å²) in [4.78, 5) is 23.0. The molecule has 0 atom stereocenters. The quantitative estimate of drug-likeness (QED) is 0.152. The minimum Gasteiger partial charge on any atom is -0.355 e. The molecule has 1 saturated heterocycles. The minimum atomic E-state index is -4.32. The predicted octanol–water partition coefficient (Wildman–Crippen LogP) is 6.34. The summed E-state index contributed by atoms with van der Waals surface area (Å²) in [5.74, 6) is -1.42. The van der Waals surface area contributed by atoms with Crippen LogP contribution in [0.1, 0.15) is 36.8 Å². The normalized spacial score (nSPS) is 14.5. The van der Waals surface area contributed by atoms with E-state index in [-0.39, 0.29) is 11.7 Å². The van der Waals surface area contributed by atoms with Crippen LogP contribution in [-0.2, 0) is 25.4 Å². The molecule has 1 aliphatic heterocycles. The number of anilines is 3. The molecular formula is C36H39F2N7O4S3. The molecule has 0 bridgehead atoms. The molecular weight excluding hydrogens is 729 g/mol. The summed E-state index contributed by atoms with van der Waals surface area (Å²) in [7, 11) is -7.33. The zero-order chi connectivity index (χ0) is 37.0. The van der Waals surface area contributed by atoms with Crippen LogP contribution in [0.3, 0.4) is 0 Å². The first-order valence-electron chi connectivity index (χ1n) is 16.7. The van der Waals surface area contributed by atoms with E-state index in [1.807, 2.05) is 32.0 Å². The van der Waals surface area contributed by atoms with Crippen molar-refractivity contribution in [3.05, 3.63) is 95.3 Å². The van der Waals surface area contributed by atoms with Crippen LogP contribution in [0, 0.1) is 11.6 Å². The van der Waals surface area contributed by atoms with Gasteiger partial charge < -0.3 is 15.1 Å². The van der Waals surface area contributed by atoms with E-state index in [1.54, 1.807) is 36.7 Å². The third-order valence-electron chi connectivity index (χ3n) is 8.51. The summed E-state index contributed by atoms with van der Waals surface area (Å²) < 4.78 is 78.2. The first kappa shape index (κ1) is 37.4. The summed E-state index contributed by atoms with van der Waals surface area (Å²) in [6.45, 7) is 7.74. The highest BCUT2D eigenvalue weighted by molar-refractivity contribution is 7.91. The molecule has 2 aromatic carbocycles. The molecule has 274 valence electrons. The number of hydrogen-bond donors (Lipinski definition) is 1. The van der Waals surface area contributed by atoms with Gasteiger partial charge in [0.15, 0.2) is 9.84 Å². The summed E-state index contributed by atoms with van der Waals surface area (Å²) in [5, 5.41) is 4.09. The van der Waals surface area contributed by atoms with E-state index in [1.165, 1.54) is 17.6 Å². The highest BCUT2D eigenvalue weighted by Crippen LogP contribution is 2.39. The van der Waals surface area contributed by atoms with Crippen molar-refractivity contribution in [2.24, 2.45) is 0 Å². The monoisotopic (exact) mass is 767 g/mol. The van der Waals surface area contributed by atoms with Crippen molar-refractivity contribution in [1.82, 2.24) is 24.8 Å². The third kappa shape index (κ3) is 9.15. The van der Waals surface area contributed by atoms with Crippen LogP contribution in [0.15, 0.2) is 78.0 Å². The average Bonchev–Trinajstić information content (AvgIpc) is 3.41. The largest absolute Gasteiger partial charge is 0.355 e. The van der Waals surface area contributed by atoms with Crippen LogP contribution in [0.2, 0.25) is 0 Å². The number of aromatic nitrogens is 4. The Hall–Kier alpha value is -4.38. The van der Waals surface area contributed by atoms with Gasteiger partial charge in [0.25, 0.3) is 0 Å². The Kier molecular flexibility index (Phi) is 11.3. The molecule has 16 heteroatoms. The zero-order valence-corrected chi connectivity index (χ0v) is 31.4. The number of halogens is 2. The molecule has 3 aromatic heterocycles. The molecule has 1 N–H and O–H groups in total. The first-order valence-corrected chi connectivity index (χ1v) is 21.3. The van der Waals surface area contributed by atoms with Crippen LogP contribution in [0.25, 0.3) is 21.8 Å². The van der Waals surface area contributed by atoms with Gasteiger partial charge in [-0.05, 0) is 54.9 Å². The van der Waals surface area contributed by atoms with Crippen LogP contribution < -0.4 is 10.2 Å².